The minimum atomic E-state index is 0.837. The molecule has 21 heavy (non-hydrogen) atoms. The Labute approximate surface area is 126 Å². The first kappa shape index (κ1) is 13.9. The lowest BCUT2D eigenvalue weighted by atomic mass is 10.1. The average molecular weight is 282 g/mol. The maximum Gasteiger partial charge on any atom is 0.227 e. The fourth-order valence-corrected chi connectivity index (χ4v) is 2.82. The zero-order valence-electron chi connectivity index (χ0n) is 12.8. The molecular formula is C17H22N4. The lowest BCUT2D eigenvalue weighted by Crippen LogP contribution is -2.20. The summed E-state index contributed by atoms with van der Waals surface area (Å²) in [6.45, 7) is 6.43. The van der Waals surface area contributed by atoms with Gasteiger partial charge in [0.05, 0.1) is 0 Å². The van der Waals surface area contributed by atoms with Crippen molar-refractivity contribution in [3.63, 3.8) is 0 Å². The maximum atomic E-state index is 4.67. The zero-order chi connectivity index (χ0) is 14.7. The Morgan fingerprint density at radius 2 is 2.00 bits per heavy atom. The molecule has 0 saturated carbocycles. The van der Waals surface area contributed by atoms with E-state index < -0.39 is 0 Å². The van der Waals surface area contributed by atoms with Gasteiger partial charge in [-0.3, -0.25) is 0 Å². The molecule has 1 aliphatic heterocycles. The molecule has 0 amide bonds. The molecule has 0 aliphatic carbocycles. The van der Waals surface area contributed by atoms with Gasteiger partial charge >= 0.3 is 0 Å². The van der Waals surface area contributed by atoms with E-state index in [2.05, 4.69) is 52.2 Å². The van der Waals surface area contributed by atoms with Crippen LogP contribution in [0.2, 0.25) is 0 Å². The van der Waals surface area contributed by atoms with Gasteiger partial charge in [0, 0.05) is 25.0 Å². The number of para-hydroxylation sites is 1. The molecule has 0 bridgehead atoms. The summed E-state index contributed by atoms with van der Waals surface area (Å²) in [5, 5.41) is 3.48. The normalized spacial score (nSPS) is 14.5. The molecule has 1 aromatic carbocycles. The van der Waals surface area contributed by atoms with Gasteiger partial charge in [0.25, 0.3) is 0 Å². The molecule has 4 heteroatoms. The molecule has 3 rings (SSSR count). The van der Waals surface area contributed by atoms with Crippen LogP contribution in [0.15, 0.2) is 30.5 Å². The summed E-state index contributed by atoms with van der Waals surface area (Å²) in [5.41, 5.74) is 3.73. The van der Waals surface area contributed by atoms with Crippen LogP contribution < -0.4 is 10.2 Å². The Morgan fingerprint density at radius 1 is 1.19 bits per heavy atom. The quantitative estimate of drug-likeness (QED) is 0.928. The van der Waals surface area contributed by atoms with Gasteiger partial charge in [0.2, 0.25) is 5.95 Å². The van der Waals surface area contributed by atoms with Crippen molar-refractivity contribution in [3.05, 3.63) is 41.6 Å². The van der Waals surface area contributed by atoms with E-state index in [9.17, 15) is 0 Å². The van der Waals surface area contributed by atoms with Crippen LogP contribution in [-0.4, -0.2) is 23.1 Å². The molecule has 1 aliphatic rings. The van der Waals surface area contributed by atoms with Crippen LogP contribution in [0.3, 0.4) is 0 Å². The highest BCUT2D eigenvalue weighted by Gasteiger charge is 2.15. The number of benzene rings is 1. The van der Waals surface area contributed by atoms with Crippen molar-refractivity contribution in [2.24, 2.45) is 0 Å². The molecule has 110 valence electrons. The van der Waals surface area contributed by atoms with E-state index in [0.717, 1.165) is 31.3 Å². The van der Waals surface area contributed by atoms with Crippen molar-refractivity contribution in [2.45, 2.75) is 33.1 Å². The molecule has 4 nitrogen and oxygen atoms in total. The van der Waals surface area contributed by atoms with Gasteiger partial charge in [-0.25, -0.2) is 4.98 Å². The summed E-state index contributed by atoms with van der Waals surface area (Å²) in [5.74, 6) is 1.71. The topological polar surface area (TPSA) is 41.1 Å². The van der Waals surface area contributed by atoms with Crippen molar-refractivity contribution >= 4 is 17.5 Å². The van der Waals surface area contributed by atoms with Crippen LogP contribution in [0.5, 0.6) is 0 Å². The minimum absolute atomic E-state index is 0.837. The molecule has 2 heterocycles. The largest absolute Gasteiger partial charge is 0.341 e. The van der Waals surface area contributed by atoms with Crippen LogP contribution in [0, 0.1) is 6.92 Å². The summed E-state index contributed by atoms with van der Waals surface area (Å²) in [7, 11) is 0. The predicted molar refractivity (Wildman–Crippen MR) is 87.3 cm³/mol. The lowest BCUT2D eigenvalue weighted by Gasteiger charge is -2.17. The van der Waals surface area contributed by atoms with Crippen LogP contribution in [-0.2, 0) is 6.42 Å². The van der Waals surface area contributed by atoms with Gasteiger partial charge < -0.3 is 10.2 Å². The monoisotopic (exact) mass is 282 g/mol. The van der Waals surface area contributed by atoms with E-state index in [1.54, 1.807) is 0 Å². The van der Waals surface area contributed by atoms with E-state index in [1.165, 1.54) is 29.7 Å². The lowest BCUT2D eigenvalue weighted by molar-refractivity contribution is 0.900. The predicted octanol–water partition coefficient (Wildman–Crippen LogP) is 3.69. The first-order valence-corrected chi connectivity index (χ1v) is 7.71. The van der Waals surface area contributed by atoms with Gasteiger partial charge in [-0.1, -0.05) is 25.1 Å². The summed E-state index contributed by atoms with van der Waals surface area (Å²) >= 11 is 0. The van der Waals surface area contributed by atoms with E-state index in [-0.39, 0.29) is 0 Å². The average Bonchev–Trinajstić information content (AvgIpc) is 3.04. The van der Waals surface area contributed by atoms with Crippen molar-refractivity contribution in [2.75, 3.05) is 23.3 Å². The second kappa shape index (κ2) is 6.12. The molecule has 0 spiro atoms. The third-order valence-corrected chi connectivity index (χ3v) is 4.02. The highest BCUT2D eigenvalue weighted by atomic mass is 15.3. The van der Waals surface area contributed by atoms with Crippen LogP contribution in [0.1, 0.15) is 30.9 Å². The van der Waals surface area contributed by atoms with E-state index in [0.29, 0.717) is 0 Å². The molecule has 1 fully saturated rings. The number of rotatable bonds is 4. The number of nitrogens with zero attached hydrogens (tertiary/aromatic N) is 3. The molecular weight excluding hydrogens is 260 g/mol. The minimum Gasteiger partial charge on any atom is -0.341 e. The second-order valence-corrected chi connectivity index (χ2v) is 5.52. The fourth-order valence-electron chi connectivity index (χ4n) is 2.82. The van der Waals surface area contributed by atoms with Crippen LogP contribution >= 0.6 is 0 Å². The van der Waals surface area contributed by atoms with Gasteiger partial charge in [-0.15, -0.1) is 0 Å². The fraction of sp³-hybridized carbons (Fsp3) is 0.412. The number of aryl methyl sites for hydroxylation is 2. The molecule has 0 atom stereocenters. The highest BCUT2D eigenvalue weighted by Crippen LogP contribution is 2.25. The van der Waals surface area contributed by atoms with Gasteiger partial charge in [-0.2, -0.15) is 4.98 Å². The first-order chi connectivity index (χ1) is 10.3. The van der Waals surface area contributed by atoms with Crippen LogP contribution in [0.4, 0.5) is 17.5 Å². The summed E-state index contributed by atoms with van der Waals surface area (Å²) in [4.78, 5) is 11.3. The molecule has 0 unspecified atom stereocenters. The number of hydrogen-bond acceptors (Lipinski definition) is 4. The standard InChI is InChI=1S/C17H22N4/c1-3-14-8-6-7-13(2)16(14)19-15-9-10-18-17(20-15)21-11-4-5-12-21/h6-10H,3-5,11-12H2,1-2H3,(H,18,19,20). The summed E-state index contributed by atoms with van der Waals surface area (Å²) in [6, 6.07) is 8.34. The van der Waals surface area contributed by atoms with Gasteiger partial charge in [-0.05, 0) is 43.4 Å². The Morgan fingerprint density at radius 3 is 2.76 bits per heavy atom. The van der Waals surface area contributed by atoms with E-state index in [4.69, 9.17) is 0 Å². The highest BCUT2D eigenvalue weighted by molar-refractivity contribution is 5.65. The molecule has 1 aromatic heterocycles. The van der Waals surface area contributed by atoms with Crippen molar-refractivity contribution in [1.29, 1.82) is 0 Å². The third kappa shape index (κ3) is 2.99. The summed E-state index contributed by atoms with van der Waals surface area (Å²) in [6.07, 6.45) is 5.32. The molecule has 1 saturated heterocycles. The number of hydrogen-bond donors (Lipinski definition) is 1. The Kier molecular flexibility index (Phi) is 4.04. The van der Waals surface area contributed by atoms with Crippen molar-refractivity contribution in [1.82, 2.24) is 9.97 Å². The van der Waals surface area contributed by atoms with Crippen molar-refractivity contribution < 1.29 is 0 Å². The summed E-state index contributed by atoms with van der Waals surface area (Å²) < 4.78 is 0. The van der Waals surface area contributed by atoms with Gasteiger partial charge in [0.15, 0.2) is 0 Å². The second-order valence-electron chi connectivity index (χ2n) is 5.52. The number of anilines is 3. The van der Waals surface area contributed by atoms with E-state index in [1.807, 2.05) is 12.3 Å². The molecule has 2 aromatic rings. The third-order valence-electron chi connectivity index (χ3n) is 4.02. The first-order valence-electron chi connectivity index (χ1n) is 7.71. The smallest absolute Gasteiger partial charge is 0.227 e. The number of aromatic nitrogens is 2. The Balaban J connectivity index is 1.86. The van der Waals surface area contributed by atoms with E-state index >= 15 is 0 Å². The Bertz CT molecular complexity index is 618. The van der Waals surface area contributed by atoms with Gasteiger partial charge in [0.1, 0.15) is 5.82 Å². The van der Waals surface area contributed by atoms with Crippen LogP contribution in [0.25, 0.3) is 0 Å². The number of nitrogens with one attached hydrogen (secondary N) is 1. The molecule has 0 radical (unpaired) electrons. The van der Waals surface area contributed by atoms with Crippen molar-refractivity contribution in [3.8, 4) is 0 Å². The zero-order valence-corrected chi connectivity index (χ0v) is 12.8. The maximum absolute atomic E-state index is 4.67. The SMILES string of the molecule is CCc1cccc(C)c1Nc1ccnc(N2CCCC2)n1. The molecule has 1 N–H and O–H groups in total. The Hall–Kier alpha value is -2.10.